The van der Waals surface area contributed by atoms with Crippen molar-refractivity contribution in [2.24, 2.45) is 0 Å². The fraction of sp³-hybridized carbons (Fsp3) is 0.533. The van der Waals surface area contributed by atoms with Crippen LogP contribution < -0.4 is 9.47 Å². The number of likely N-dealkylation sites (N-methyl/N-ethyl adjacent to an activating group) is 1. The van der Waals surface area contributed by atoms with Crippen molar-refractivity contribution in [3.63, 3.8) is 0 Å². The third kappa shape index (κ3) is 10.1. The number of benzene rings is 2. The normalized spacial score (nSPS) is 11.1. The number of hydrogen-bond acceptors (Lipinski definition) is 10. The Morgan fingerprint density at radius 3 is 1.41 bits per heavy atom. The van der Waals surface area contributed by atoms with Crippen LogP contribution in [0.3, 0.4) is 0 Å². The first-order valence-electron chi connectivity index (χ1n) is 13.7. The number of ether oxygens (including phenoxy) is 3. The van der Waals surface area contributed by atoms with E-state index in [0.29, 0.717) is 34.8 Å². The number of aryl methyl sites for hydroxylation is 2. The monoisotopic (exact) mass is 658 g/mol. The van der Waals surface area contributed by atoms with Crippen LogP contribution in [0, 0.1) is 41.5 Å². The summed E-state index contributed by atoms with van der Waals surface area (Å²) in [7, 11) is -0.832. The first-order valence-corrected chi connectivity index (χ1v) is 16.6. The lowest BCUT2D eigenvalue weighted by Crippen LogP contribution is -2.31. The van der Waals surface area contributed by atoms with E-state index in [1.807, 2.05) is 27.7 Å². The van der Waals surface area contributed by atoms with Crippen LogP contribution in [0.2, 0.25) is 0 Å². The van der Waals surface area contributed by atoms with Crippen LogP contribution in [0.25, 0.3) is 0 Å². The summed E-state index contributed by atoms with van der Waals surface area (Å²) in [5.74, 6) is 1.39. The summed E-state index contributed by atoms with van der Waals surface area (Å²) >= 11 is 0. The average Bonchev–Trinajstić information content (AvgIpc) is 2.96. The second-order valence-electron chi connectivity index (χ2n) is 10.0. The van der Waals surface area contributed by atoms with Crippen LogP contribution in [0.1, 0.15) is 53.1 Å². The van der Waals surface area contributed by atoms with Crippen LogP contribution in [-0.4, -0.2) is 86.1 Å². The van der Waals surface area contributed by atoms with Gasteiger partial charge in [-0.25, -0.2) is 21.1 Å². The van der Waals surface area contributed by atoms with Crippen molar-refractivity contribution in [2.45, 2.75) is 71.1 Å². The molecule has 0 aromatic heterocycles. The Morgan fingerprint density at radius 2 is 1.09 bits per heavy atom. The molecule has 0 unspecified atom stereocenters. The molecule has 0 fully saturated rings. The van der Waals surface area contributed by atoms with E-state index >= 15 is 0 Å². The summed E-state index contributed by atoms with van der Waals surface area (Å²) in [4.78, 5) is 27.1. The lowest BCUT2D eigenvalue weighted by molar-refractivity contribution is -0.191. The van der Waals surface area contributed by atoms with Crippen LogP contribution in [0.15, 0.2) is 21.9 Å². The summed E-state index contributed by atoms with van der Waals surface area (Å²) in [6, 6.07) is 3.51. The van der Waals surface area contributed by atoms with E-state index in [4.69, 9.17) is 19.1 Å². The van der Waals surface area contributed by atoms with Gasteiger partial charge in [0.15, 0.2) is 0 Å². The highest BCUT2D eigenvalue weighted by atomic mass is 32.2. The van der Waals surface area contributed by atoms with Gasteiger partial charge in [-0.3, -0.25) is 4.79 Å². The summed E-state index contributed by atoms with van der Waals surface area (Å²) in [6.45, 7) is 13.9. The van der Waals surface area contributed by atoms with Crippen molar-refractivity contribution >= 4 is 32.7 Å². The predicted molar refractivity (Wildman–Crippen MR) is 166 cm³/mol. The number of methoxy groups -OCH3 is 2. The lowest BCUT2D eigenvalue weighted by Gasteiger charge is -2.21. The molecule has 0 spiro atoms. The molecule has 248 valence electrons. The summed E-state index contributed by atoms with van der Waals surface area (Å²) in [5.41, 5.74) is 4.45. The largest absolute Gasteiger partial charge is 0.496 e. The first kappa shape index (κ1) is 40.7. The van der Waals surface area contributed by atoms with Gasteiger partial charge in [0.05, 0.1) is 24.0 Å². The van der Waals surface area contributed by atoms with Crippen molar-refractivity contribution in [1.82, 2.24) is 8.61 Å². The zero-order valence-corrected chi connectivity index (χ0v) is 29.2. The fourth-order valence-corrected chi connectivity index (χ4v) is 7.74. The number of hydrogen-bond donors (Lipinski definition) is 0. The van der Waals surface area contributed by atoms with Crippen molar-refractivity contribution in [1.29, 1.82) is 0 Å². The molecule has 0 N–H and O–H groups in total. The summed E-state index contributed by atoms with van der Waals surface area (Å²) < 4.78 is 68.5. The molecule has 0 saturated heterocycles. The Balaban J connectivity index is 0.000000772. The minimum absolute atomic E-state index is 0.0203. The van der Waals surface area contributed by atoms with Crippen LogP contribution in [0.5, 0.6) is 11.5 Å². The summed E-state index contributed by atoms with van der Waals surface area (Å²) in [5, 5.41) is 0. The van der Waals surface area contributed by atoms with Gasteiger partial charge in [-0.15, -0.1) is 0 Å². The van der Waals surface area contributed by atoms with Gasteiger partial charge in [-0.05, 0) is 93.5 Å². The Kier molecular flexibility index (Phi) is 17.1. The molecular formula is C30H46N2O10S2. The smallest absolute Gasteiger partial charge is 0.373 e. The number of rotatable bonds is 13. The third-order valence-electron chi connectivity index (χ3n) is 7.15. The molecule has 2 aromatic rings. The van der Waals surface area contributed by atoms with Gasteiger partial charge in [0.2, 0.25) is 20.0 Å². The van der Waals surface area contributed by atoms with Gasteiger partial charge in [0, 0.05) is 27.2 Å². The van der Waals surface area contributed by atoms with E-state index in [0.717, 1.165) is 40.8 Å². The van der Waals surface area contributed by atoms with E-state index in [2.05, 4.69) is 11.7 Å². The maximum Gasteiger partial charge on any atom is 0.373 e. The molecule has 0 aliphatic heterocycles. The molecule has 0 saturated carbocycles. The van der Waals surface area contributed by atoms with E-state index < -0.39 is 20.0 Å². The van der Waals surface area contributed by atoms with Crippen molar-refractivity contribution in [3.05, 3.63) is 45.5 Å². The minimum Gasteiger partial charge on any atom is -0.496 e. The van der Waals surface area contributed by atoms with Gasteiger partial charge in [0.1, 0.15) is 18.1 Å². The fourth-order valence-electron chi connectivity index (χ4n) is 4.42. The van der Waals surface area contributed by atoms with Crippen molar-refractivity contribution < 1.29 is 45.4 Å². The number of nitrogens with zero attached hydrogens (tertiary/aromatic N) is 2. The molecule has 2 rings (SSSR count). The molecule has 0 amide bonds. The highest BCUT2D eigenvalue weighted by Crippen LogP contribution is 2.33. The van der Waals surface area contributed by atoms with Gasteiger partial charge < -0.3 is 14.2 Å². The van der Waals surface area contributed by atoms with Gasteiger partial charge >= 0.3 is 6.15 Å². The molecule has 2 aromatic carbocycles. The molecule has 0 bridgehead atoms. The molecule has 0 aliphatic rings. The van der Waals surface area contributed by atoms with E-state index in [-0.39, 0.29) is 24.2 Å². The standard InChI is InChI=1S/C15H25NO3S.C14H21NO5S.CO2/c1-7-8-9-16(5)20(17,18)15-11(2)10-14(19-6)12(3)13(15)4;1-10-8-13(19-5)11(2)12(3)14(10)21(17,18)15(4)6-7-20-9-16;2-1-3/h10H,7-9H2,1-6H3;8-9H,6-7H2,1-5H3;. The molecule has 14 heteroatoms. The second-order valence-corrected chi connectivity index (χ2v) is 14.0. The molecule has 0 heterocycles. The van der Waals surface area contributed by atoms with Gasteiger partial charge in [-0.2, -0.15) is 13.9 Å². The maximum atomic E-state index is 12.7. The topological polar surface area (TPSA) is 154 Å². The zero-order chi connectivity index (χ0) is 34.4. The molecule has 44 heavy (non-hydrogen) atoms. The van der Waals surface area contributed by atoms with Crippen LogP contribution in [-0.2, 0) is 39.2 Å². The Labute approximate surface area is 262 Å². The van der Waals surface area contributed by atoms with Crippen LogP contribution >= 0.6 is 0 Å². The Morgan fingerprint density at radius 1 is 0.727 bits per heavy atom. The van der Waals surface area contributed by atoms with Gasteiger partial charge in [-0.1, -0.05) is 13.3 Å². The third-order valence-corrected chi connectivity index (χ3v) is 11.4. The minimum atomic E-state index is -3.65. The van der Waals surface area contributed by atoms with Crippen molar-refractivity contribution in [2.75, 3.05) is 48.0 Å². The second kappa shape index (κ2) is 18.5. The number of unbranched alkanes of at least 4 members (excludes halogenated alkanes) is 1. The number of carbonyl (C=O) groups excluding carboxylic acids is 3. The molecule has 0 atom stereocenters. The van der Waals surface area contributed by atoms with E-state index in [1.165, 1.54) is 15.7 Å². The highest BCUT2D eigenvalue weighted by molar-refractivity contribution is 7.89. The first-order chi connectivity index (χ1) is 20.4. The summed E-state index contributed by atoms with van der Waals surface area (Å²) in [6.07, 6.45) is 2.09. The average molecular weight is 659 g/mol. The van der Waals surface area contributed by atoms with Crippen LogP contribution in [0.4, 0.5) is 0 Å². The van der Waals surface area contributed by atoms with Gasteiger partial charge in [0.25, 0.3) is 6.47 Å². The Bertz CT molecular complexity index is 1520. The quantitative estimate of drug-likeness (QED) is 0.229. The molecular weight excluding hydrogens is 612 g/mol. The SMILES string of the molecule is CCCCN(C)S(=O)(=O)c1c(C)cc(OC)c(C)c1C.COc1cc(C)c(S(=O)(=O)N(C)CCOC=O)c(C)c1C.O=C=O. The maximum absolute atomic E-state index is 12.7. The van der Waals surface area contributed by atoms with E-state index in [1.54, 1.807) is 47.2 Å². The number of carbonyl (C=O) groups is 1. The predicted octanol–water partition coefficient (Wildman–Crippen LogP) is 3.87. The Hall–Kier alpha value is -3.29. The highest BCUT2D eigenvalue weighted by Gasteiger charge is 2.28. The molecule has 0 radical (unpaired) electrons. The van der Waals surface area contributed by atoms with Crippen molar-refractivity contribution in [3.8, 4) is 11.5 Å². The zero-order valence-electron chi connectivity index (χ0n) is 27.6. The van der Waals surface area contributed by atoms with E-state index in [9.17, 15) is 21.6 Å². The lowest BCUT2D eigenvalue weighted by atomic mass is 10.1. The molecule has 0 aliphatic carbocycles. The number of sulfonamides is 2. The molecule has 12 nitrogen and oxygen atoms in total.